The second kappa shape index (κ2) is 8.01. The van der Waals surface area contributed by atoms with Crippen molar-refractivity contribution in [2.45, 2.75) is 26.2 Å². The van der Waals surface area contributed by atoms with Gasteiger partial charge in [0.15, 0.2) is 5.13 Å². The first-order valence-electron chi connectivity index (χ1n) is 9.81. The van der Waals surface area contributed by atoms with Crippen molar-refractivity contribution < 1.29 is 9.72 Å². The zero-order valence-electron chi connectivity index (χ0n) is 17.6. The molecule has 2 heterocycles. The van der Waals surface area contributed by atoms with Crippen LogP contribution in [-0.2, 0) is 5.41 Å². The normalized spacial score (nSPS) is 11.5. The molecule has 4 aromatic rings. The number of hydrogen-bond acceptors (Lipinski definition) is 6. The summed E-state index contributed by atoms with van der Waals surface area (Å²) in [5.74, 6) is -0.564. The highest BCUT2D eigenvalue weighted by molar-refractivity contribution is 7.14. The van der Waals surface area contributed by atoms with Crippen LogP contribution in [0.5, 0.6) is 0 Å². The number of H-pyrrole nitrogens is 1. The fraction of sp³-hybridized carbons (Fsp3) is 0.174. The molecule has 0 spiro atoms. The predicted octanol–water partition coefficient (Wildman–Crippen LogP) is 5.11. The molecule has 0 atom stereocenters. The number of benzene rings is 2. The minimum atomic E-state index is -0.564. The molecule has 0 saturated heterocycles. The summed E-state index contributed by atoms with van der Waals surface area (Å²) in [6.45, 7) is 6.43. The minimum absolute atomic E-state index is 0.0405. The smallest absolute Gasteiger partial charge is 0.270 e. The Morgan fingerprint density at radius 1 is 1.12 bits per heavy atom. The number of non-ortho nitro benzene ring substituents is 1. The number of thiazole rings is 1. The monoisotopic (exact) mass is 448 g/mol. The van der Waals surface area contributed by atoms with E-state index in [1.54, 1.807) is 0 Å². The number of aromatic nitrogens is 2. The van der Waals surface area contributed by atoms with E-state index in [1.807, 2.05) is 17.5 Å². The van der Waals surface area contributed by atoms with Gasteiger partial charge in [0, 0.05) is 40.0 Å². The summed E-state index contributed by atoms with van der Waals surface area (Å²) in [6.07, 6.45) is 0. The molecule has 8 nitrogen and oxygen atoms in total. The zero-order valence-corrected chi connectivity index (χ0v) is 18.4. The van der Waals surface area contributed by atoms with Crippen molar-refractivity contribution in [1.29, 1.82) is 0 Å². The van der Waals surface area contributed by atoms with E-state index in [2.05, 4.69) is 48.2 Å². The molecule has 0 radical (unpaired) electrons. The minimum Gasteiger partial charge on any atom is -0.322 e. The summed E-state index contributed by atoms with van der Waals surface area (Å²) in [6, 6.07) is 13.2. The second-order valence-corrected chi connectivity index (χ2v) is 9.21. The largest absolute Gasteiger partial charge is 0.322 e. The Balaban J connectivity index is 1.62. The standard InChI is InChI=1S/C23H20N4O4S/c1-23(2,3)14-6-4-13(5-7-14)19-12-32-22(25-19)26-21(29)17-11-20(28)24-18-9-8-15(27(30)31)10-16(17)18/h4-12H,1-3H3,(H,24,28)(H,25,26,29). The number of nitro benzene ring substituents is 1. The van der Waals surface area contributed by atoms with Gasteiger partial charge in [0.25, 0.3) is 11.6 Å². The number of rotatable bonds is 4. The maximum Gasteiger partial charge on any atom is 0.270 e. The number of carbonyl (C=O) groups is 1. The maximum atomic E-state index is 12.9. The van der Waals surface area contributed by atoms with Crippen LogP contribution in [0.4, 0.5) is 10.8 Å². The topological polar surface area (TPSA) is 118 Å². The molecule has 0 fully saturated rings. The highest BCUT2D eigenvalue weighted by atomic mass is 32.1. The van der Waals surface area contributed by atoms with Crippen molar-refractivity contribution in [3.05, 3.63) is 85.5 Å². The fourth-order valence-corrected chi connectivity index (χ4v) is 4.03. The number of hydrogen-bond donors (Lipinski definition) is 2. The van der Waals surface area contributed by atoms with Gasteiger partial charge in [0.05, 0.1) is 16.2 Å². The van der Waals surface area contributed by atoms with Crippen LogP contribution in [0.1, 0.15) is 36.7 Å². The number of amides is 1. The third kappa shape index (κ3) is 4.28. The molecule has 0 aliphatic carbocycles. The Kier molecular flexibility index (Phi) is 5.35. The van der Waals surface area contributed by atoms with Crippen molar-refractivity contribution in [3.63, 3.8) is 0 Å². The highest BCUT2D eigenvalue weighted by Crippen LogP contribution is 2.29. The number of aromatic amines is 1. The van der Waals surface area contributed by atoms with E-state index in [1.165, 1.54) is 35.1 Å². The molecule has 162 valence electrons. The summed E-state index contributed by atoms with van der Waals surface area (Å²) in [5.41, 5.74) is 2.63. The molecule has 0 bridgehead atoms. The number of nitrogens with zero attached hydrogens (tertiary/aromatic N) is 2. The first-order chi connectivity index (χ1) is 15.1. The number of nitro groups is 1. The quantitative estimate of drug-likeness (QED) is 0.332. The molecule has 0 unspecified atom stereocenters. The van der Waals surface area contributed by atoms with Gasteiger partial charge in [-0.3, -0.25) is 25.0 Å². The van der Waals surface area contributed by atoms with Gasteiger partial charge in [-0.1, -0.05) is 45.0 Å². The molecule has 2 N–H and O–H groups in total. The van der Waals surface area contributed by atoms with Gasteiger partial charge in [0.1, 0.15) is 0 Å². The van der Waals surface area contributed by atoms with Gasteiger partial charge < -0.3 is 4.98 Å². The van der Waals surface area contributed by atoms with Gasteiger partial charge in [-0.15, -0.1) is 11.3 Å². The molecule has 1 amide bonds. The first-order valence-corrected chi connectivity index (χ1v) is 10.7. The van der Waals surface area contributed by atoms with E-state index in [9.17, 15) is 19.7 Å². The lowest BCUT2D eigenvalue weighted by Gasteiger charge is -2.18. The average Bonchev–Trinajstić information content (AvgIpc) is 3.20. The van der Waals surface area contributed by atoms with E-state index in [-0.39, 0.29) is 22.1 Å². The van der Waals surface area contributed by atoms with Crippen molar-refractivity contribution in [1.82, 2.24) is 9.97 Å². The number of carbonyl (C=O) groups excluding carboxylic acids is 1. The van der Waals surface area contributed by atoms with E-state index in [0.29, 0.717) is 10.6 Å². The molecule has 9 heteroatoms. The van der Waals surface area contributed by atoms with Gasteiger partial charge in [-0.25, -0.2) is 4.98 Å². The lowest BCUT2D eigenvalue weighted by molar-refractivity contribution is -0.384. The van der Waals surface area contributed by atoms with Crippen molar-refractivity contribution in [2.75, 3.05) is 5.32 Å². The summed E-state index contributed by atoms with van der Waals surface area (Å²) in [7, 11) is 0. The van der Waals surface area contributed by atoms with Crippen molar-refractivity contribution in [2.24, 2.45) is 0 Å². The molecule has 2 aromatic heterocycles. The molecule has 0 saturated carbocycles. The first kappa shape index (κ1) is 21.4. The molecular weight excluding hydrogens is 428 g/mol. The van der Waals surface area contributed by atoms with Crippen LogP contribution in [0.15, 0.2) is 58.7 Å². The van der Waals surface area contributed by atoms with E-state index in [0.717, 1.165) is 17.3 Å². The van der Waals surface area contributed by atoms with Crippen LogP contribution in [0, 0.1) is 10.1 Å². The van der Waals surface area contributed by atoms with Crippen LogP contribution in [-0.4, -0.2) is 20.8 Å². The summed E-state index contributed by atoms with van der Waals surface area (Å²) in [5, 5.41) is 16.3. The number of anilines is 1. The van der Waals surface area contributed by atoms with Crippen LogP contribution in [0.3, 0.4) is 0 Å². The Morgan fingerprint density at radius 3 is 2.50 bits per heavy atom. The zero-order chi connectivity index (χ0) is 23.0. The van der Waals surface area contributed by atoms with Gasteiger partial charge in [-0.2, -0.15) is 0 Å². The Labute approximate surface area is 187 Å². The SMILES string of the molecule is CC(C)(C)c1ccc(-c2csc(NC(=O)c3cc(=O)[nH]c4ccc([N+](=O)[O-])cc34)n2)cc1. The van der Waals surface area contributed by atoms with Crippen LogP contribution < -0.4 is 10.9 Å². The van der Waals surface area contributed by atoms with Crippen molar-refractivity contribution in [3.8, 4) is 11.3 Å². The van der Waals surface area contributed by atoms with E-state index >= 15 is 0 Å². The highest BCUT2D eigenvalue weighted by Gasteiger charge is 2.17. The lowest BCUT2D eigenvalue weighted by Crippen LogP contribution is -2.17. The van der Waals surface area contributed by atoms with E-state index < -0.39 is 16.4 Å². The molecule has 32 heavy (non-hydrogen) atoms. The third-order valence-corrected chi connectivity index (χ3v) is 5.81. The third-order valence-electron chi connectivity index (χ3n) is 5.05. The Bertz CT molecular complexity index is 1400. The summed E-state index contributed by atoms with van der Waals surface area (Å²) >= 11 is 1.26. The molecule has 4 rings (SSSR count). The Morgan fingerprint density at radius 2 is 1.84 bits per heavy atom. The second-order valence-electron chi connectivity index (χ2n) is 8.35. The Hall–Kier alpha value is -3.85. The number of fused-ring (bicyclic) bond motifs is 1. The van der Waals surface area contributed by atoms with Gasteiger partial charge in [0.2, 0.25) is 5.56 Å². The van der Waals surface area contributed by atoms with Crippen molar-refractivity contribution >= 4 is 39.0 Å². The summed E-state index contributed by atoms with van der Waals surface area (Å²) < 4.78 is 0. The summed E-state index contributed by atoms with van der Waals surface area (Å²) in [4.78, 5) is 42.5. The molecule has 2 aromatic carbocycles. The van der Waals surface area contributed by atoms with Gasteiger partial charge in [-0.05, 0) is 17.0 Å². The van der Waals surface area contributed by atoms with Crippen LogP contribution in [0.25, 0.3) is 22.2 Å². The molecular formula is C23H20N4O4S. The number of nitrogens with one attached hydrogen (secondary N) is 2. The molecule has 0 aliphatic rings. The molecule has 0 aliphatic heterocycles. The van der Waals surface area contributed by atoms with Crippen LogP contribution >= 0.6 is 11.3 Å². The van der Waals surface area contributed by atoms with E-state index in [4.69, 9.17) is 0 Å². The predicted molar refractivity (Wildman–Crippen MR) is 125 cm³/mol. The fourth-order valence-electron chi connectivity index (χ4n) is 3.31. The number of pyridine rings is 1. The van der Waals surface area contributed by atoms with Crippen LogP contribution in [0.2, 0.25) is 0 Å². The van der Waals surface area contributed by atoms with Gasteiger partial charge >= 0.3 is 0 Å². The maximum absolute atomic E-state index is 12.9. The lowest BCUT2D eigenvalue weighted by atomic mass is 9.86. The average molecular weight is 449 g/mol.